The van der Waals surface area contributed by atoms with Crippen LogP contribution in [-0.4, -0.2) is 48.0 Å². The zero-order chi connectivity index (χ0) is 16.9. The van der Waals surface area contributed by atoms with Crippen LogP contribution in [0.4, 0.5) is 0 Å². The second-order valence-electron chi connectivity index (χ2n) is 5.85. The van der Waals surface area contributed by atoms with Gasteiger partial charge in [-0.15, -0.1) is 12.4 Å². The van der Waals surface area contributed by atoms with Crippen LogP contribution in [0, 0.1) is 0 Å². The third-order valence-electron chi connectivity index (χ3n) is 3.73. The molecular weight excluding hydrogens is 336 g/mol. The number of benzene rings is 2. The molecule has 0 saturated heterocycles. The minimum atomic E-state index is -0.123. The highest BCUT2D eigenvalue weighted by Gasteiger charge is 2.12. The van der Waals surface area contributed by atoms with Gasteiger partial charge in [-0.05, 0) is 26.2 Å². The number of para-hydroxylation sites is 1. The van der Waals surface area contributed by atoms with Gasteiger partial charge in [-0.3, -0.25) is 9.78 Å². The molecule has 0 radical (unpaired) electrons. The zero-order valence-corrected chi connectivity index (χ0v) is 15.1. The number of hydrogen-bond acceptors (Lipinski definition) is 4. The number of fused-ring (bicyclic) bond motifs is 1. The highest BCUT2D eigenvalue weighted by Crippen LogP contribution is 2.21. The van der Waals surface area contributed by atoms with Gasteiger partial charge in [0.05, 0.1) is 23.0 Å². The first-order valence-electron chi connectivity index (χ1n) is 7.89. The number of amides is 1. The number of likely N-dealkylation sites (N-methyl/N-ethyl adjacent to an activating group) is 1. The fraction of sp³-hybridized carbons (Fsp3) is 0.211. The van der Waals surface area contributed by atoms with Crippen LogP contribution in [0.25, 0.3) is 22.3 Å². The summed E-state index contributed by atoms with van der Waals surface area (Å²) < 4.78 is 0. The van der Waals surface area contributed by atoms with Crippen molar-refractivity contribution in [2.45, 2.75) is 0 Å². The largest absolute Gasteiger partial charge is 0.351 e. The van der Waals surface area contributed by atoms with Gasteiger partial charge in [0, 0.05) is 18.7 Å². The van der Waals surface area contributed by atoms with Gasteiger partial charge >= 0.3 is 0 Å². The maximum absolute atomic E-state index is 12.5. The summed E-state index contributed by atoms with van der Waals surface area (Å²) in [7, 11) is 3.95. The second kappa shape index (κ2) is 8.55. The van der Waals surface area contributed by atoms with Gasteiger partial charge < -0.3 is 10.2 Å². The Bertz CT molecular complexity index is 852. The number of halogens is 1. The maximum atomic E-state index is 12.5. The van der Waals surface area contributed by atoms with Gasteiger partial charge in [0.15, 0.2) is 0 Å². The van der Waals surface area contributed by atoms with E-state index in [1.165, 1.54) is 0 Å². The van der Waals surface area contributed by atoms with Crippen LogP contribution in [0.1, 0.15) is 10.4 Å². The highest BCUT2D eigenvalue weighted by molar-refractivity contribution is 6.04. The van der Waals surface area contributed by atoms with Crippen LogP contribution < -0.4 is 5.32 Å². The van der Waals surface area contributed by atoms with E-state index in [0.717, 1.165) is 23.3 Å². The molecule has 0 bridgehead atoms. The van der Waals surface area contributed by atoms with Crippen LogP contribution in [0.5, 0.6) is 0 Å². The Kier molecular flexibility index (Phi) is 6.44. The molecular formula is C19H21ClN4O. The molecule has 25 heavy (non-hydrogen) atoms. The highest BCUT2D eigenvalue weighted by atomic mass is 35.5. The summed E-state index contributed by atoms with van der Waals surface area (Å²) in [4.78, 5) is 23.6. The van der Waals surface area contributed by atoms with E-state index in [1.807, 2.05) is 61.5 Å². The quantitative estimate of drug-likeness (QED) is 0.763. The van der Waals surface area contributed by atoms with Crippen LogP contribution in [0.15, 0.2) is 54.7 Å². The van der Waals surface area contributed by atoms with Crippen molar-refractivity contribution in [3.63, 3.8) is 0 Å². The number of carbonyl (C=O) groups is 1. The summed E-state index contributed by atoms with van der Waals surface area (Å²) in [6, 6.07) is 15.3. The number of nitrogens with one attached hydrogen (secondary N) is 1. The summed E-state index contributed by atoms with van der Waals surface area (Å²) >= 11 is 0. The SMILES string of the molecule is CN(C)CCNC(=O)c1cccc2ncc(-c3ccccc3)nc12.Cl. The van der Waals surface area contributed by atoms with E-state index < -0.39 is 0 Å². The van der Waals surface area contributed by atoms with Crippen molar-refractivity contribution >= 4 is 29.3 Å². The Balaban J connectivity index is 0.00000225. The number of hydrogen-bond donors (Lipinski definition) is 1. The molecule has 5 nitrogen and oxygen atoms in total. The van der Waals surface area contributed by atoms with Crippen LogP contribution >= 0.6 is 12.4 Å². The molecule has 0 unspecified atom stereocenters. The van der Waals surface area contributed by atoms with Gasteiger partial charge in [-0.1, -0.05) is 36.4 Å². The number of rotatable bonds is 5. The van der Waals surface area contributed by atoms with Gasteiger partial charge in [-0.2, -0.15) is 0 Å². The molecule has 0 spiro atoms. The molecule has 3 aromatic rings. The Hall–Kier alpha value is -2.50. The molecule has 0 atom stereocenters. The molecule has 6 heteroatoms. The Morgan fingerprint density at radius 3 is 2.56 bits per heavy atom. The normalized spacial score (nSPS) is 10.5. The summed E-state index contributed by atoms with van der Waals surface area (Å²) in [6.45, 7) is 1.38. The van der Waals surface area contributed by atoms with E-state index in [4.69, 9.17) is 0 Å². The average Bonchev–Trinajstić information content (AvgIpc) is 2.61. The maximum Gasteiger partial charge on any atom is 0.253 e. The third kappa shape index (κ3) is 4.53. The molecule has 1 amide bonds. The lowest BCUT2D eigenvalue weighted by atomic mass is 10.1. The lowest BCUT2D eigenvalue weighted by Crippen LogP contribution is -2.31. The monoisotopic (exact) mass is 356 g/mol. The standard InChI is InChI=1S/C19H20N4O.ClH/c1-23(2)12-11-20-19(24)15-9-6-10-16-18(15)22-17(13-21-16)14-7-4-3-5-8-14;/h3-10,13H,11-12H2,1-2H3,(H,20,24);1H. The topological polar surface area (TPSA) is 58.1 Å². The van der Waals surface area contributed by atoms with Crippen molar-refractivity contribution in [2.24, 2.45) is 0 Å². The molecule has 0 aliphatic carbocycles. The molecule has 1 aromatic heterocycles. The van der Waals surface area contributed by atoms with Crippen molar-refractivity contribution in [1.82, 2.24) is 20.2 Å². The molecule has 0 aliphatic rings. The fourth-order valence-corrected chi connectivity index (χ4v) is 2.45. The summed E-state index contributed by atoms with van der Waals surface area (Å²) in [6.07, 6.45) is 1.74. The fourth-order valence-electron chi connectivity index (χ4n) is 2.45. The minimum Gasteiger partial charge on any atom is -0.351 e. The zero-order valence-electron chi connectivity index (χ0n) is 14.3. The molecule has 130 valence electrons. The summed E-state index contributed by atoms with van der Waals surface area (Å²) in [5, 5.41) is 2.93. The second-order valence-corrected chi connectivity index (χ2v) is 5.85. The third-order valence-corrected chi connectivity index (χ3v) is 3.73. The van der Waals surface area contributed by atoms with Crippen LogP contribution in [-0.2, 0) is 0 Å². The van der Waals surface area contributed by atoms with Crippen molar-refractivity contribution in [3.8, 4) is 11.3 Å². The van der Waals surface area contributed by atoms with E-state index in [1.54, 1.807) is 12.3 Å². The van der Waals surface area contributed by atoms with E-state index in [-0.39, 0.29) is 18.3 Å². The van der Waals surface area contributed by atoms with Crippen molar-refractivity contribution in [1.29, 1.82) is 0 Å². The molecule has 1 N–H and O–H groups in total. The Morgan fingerprint density at radius 2 is 1.84 bits per heavy atom. The first-order chi connectivity index (χ1) is 11.6. The molecule has 0 aliphatic heterocycles. The first kappa shape index (κ1) is 18.8. The molecule has 3 rings (SSSR count). The summed E-state index contributed by atoms with van der Waals surface area (Å²) in [5.41, 5.74) is 3.64. The molecule has 0 fully saturated rings. The van der Waals surface area contributed by atoms with Gasteiger partial charge in [0.2, 0.25) is 0 Å². The predicted molar refractivity (Wildman–Crippen MR) is 103 cm³/mol. The van der Waals surface area contributed by atoms with Gasteiger partial charge in [0.1, 0.15) is 5.52 Å². The minimum absolute atomic E-state index is 0. The lowest BCUT2D eigenvalue weighted by Gasteiger charge is -2.11. The smallest absolute Gasteiger partial charge is 0.253 e. The summed E-state index contributed by atoms with van der Waals surface area (Å²) in [5.74, 6) is -0.123. The van der Waals surface area contributed by atoms with Crippen molar-refractivity contribution in [3.05, 3.63) is 60.3 Å². The predicted octanol–water partition coefficient (Wildman–Crippen LogP) is 3.01. The Labute approximate surface area is 153 Å². The average molecular weight is 357 g/mol. The van der Waals surface area contributed by atoms with E-state index in [9.17, 15) is 4.79 Å². The van der Waals surface area contributed by atoms with E-state index in [2.05, 4.69) is 15.3 Å². The van der Waals surface area contributed by atoms with Crippen molar-refractivity contribution in [2.75, 3.05) is 27.2 Å². The molecule has 2 aromatic carbocycles. The Morgan fingerprint density at radius 1 is 1.08 bits per heavy atom. The van der Waals surface area contributed by atoms with Crippen LogP contribution in [0.3, 0.4) is 0 Å². The number of carbonyl (C=O) groups excluding carboxylic acids is 1. The van der Waals surface area contributed by atoms with Crippen LogP contribution in [0.2, 0.25) is 0 Å². The first-order valence-corrected chi connectivity index (χ1v) is 7.89. The van der Waals surface area contributed by atoms with Crippen molar-refractivity contribution < 1.29 is 4.79 Å². The van der Waals surface area contributed by atoms with Gasteiger partial charge in [-0.25, -0.2) is 4.98 Å². The molecule has 0 saturated carbocycles. The number of nitrogens with zero attached hydrogens (tertiary/aromatic N) is 3. The van der Waals surface area contributed by atoms with E-state index >= 15 is 0 Å². The lowest BCUT2D eigenvalue weighted by molar-refractivity contribution is 0.0952. The molecule has 1 heterocycles. The van der Waals surface area contributed by atoms with E-state index in [0.29, 0.717) is 17.6 Å². The van der Waals surface area contributed by atoms with Gasteiger partial charge in [0.25, 0.3) is 5.91 Å². The number of aromatic nitrogens is 2.